The van der Waals surface area contributed by atoms with Gasteiger partial charge in [-0.2, -0.15) is 10.5 Å². The Morgan fingerprint density at radius 3 is 2.45 bits per heavy atom. The highest BCUT2D eigenvalue weighted by molar-refractivity contribution is 5.76. The summed E-state index contributed by atoms with van der Waals surface area (Å²) in [4.78, 5) is 12.1. The third-order valence-electron chi connectivity index (χ3n) is 4.62. The van der Waals surface area contributed by atoms with E-state index in [1.54, 1.807) is 12.1 Å². The Hall–Kier alpha value is -3.71. The van der Waals surface area contributed by atoms with Crippen molar-refractivity contribution in [1.82, 2.24) is 10.7 Å². The highest BCUT2D eigenvalue weighted by atomic mass is 16.5. The Morgan fingerprint density at radius 2 is 1.81 bits per heavy atom. The number of urea groups is 1. The van der Waals surface area contributed by atoms with Gasteiger partial charge in [-0.3, -0.25) is 10.9 Å². The zero-order valence-corrected chi connectivity index (χ0v) is 18.5. The zero-order chi connectivity index (χ0) is 22.8. The van der Waals surface area contributed by atoms with E-state index in [1.165, 1.54) is 5.56 Å². The number of carbonyl (C=O) groups excluding carboxylic acids is 1. The molecule has 2 aromatic rings. The second kappa shape index (κ2) is 11.5. The minimum atomic E-state index is -0.384. The molecule has 2 aromatic carbocycles. The summed E-state index contributed by atoms with van der Waals surface area (Å²) >= 11 is 0. The van der Waals surface area contributed by atoms with Crippen molar-refractivity contribution in [3.05, 3.63) is 58.1 Å². The average molecular weight is 420 g/mol. The van der Waals surface area contributed by atoms with Gasteiger partial charge in [0.25, 0.3) is 0 Å². The number of nitrogens with one attached hydrogen (secondary N) is 3. The zero-order valence-electron chi connectivity index (χ0n) is 18.5. The molecule has 0 unspecified atom stereocenters. The number of aryl methyl sites for hydroxylation is 2. The van der Waals surface area contributed by atoms with Crippen LogP contribution >= 0.6 is 0 Å². The van der Waals surface area contributed by atoms with Gasteiger partial charge in [0.1, 0.15) is 17.9 Å². The van der Waals surface area contributed by atoms with Crippen LogP contribution < -0.4 is 20.9 Å². The van der Waals surface area contributed by atoms with Gasteiger partial charge in [0, 0.05) is 6.54 Å². The second-order valence-corrected chi connectivity index (χ2v) is 7.85. The van der Waals surface area contributed by atoms with Gasteiger partial charge in [-0.1, -0.05) is 31.5 Å². The minimum absolute atomic E-state index is 0.267. The first kappa shape index (κ1) is 23.6. The van der Waals surface area contributed by atoms with Crippen LogP contribution in [-0.2, 0) is 6.42 Å². The van der Waals surface area contributed by atoms with E-state index in [2.05, 4.69) is 36.1 Å². The van der Waals surface area contributed by atoms with E-state index in [0.29, 0.717) is 43.2 Å². The summed E-state index contributed by atoms with van der Waals surface area (Å²) < 4.78 is 5.76. The standard InChI is InChI=1S/C24H29N5O2/c1-16(2)10-19-12-20(14-25)21(15-26)13-22(19)28-29-24(30)27-8-5-9-31-23-7-6-17(3)11-18(23)4/h6-7,11-13,16,28H,5,8-10H2,1-4H3,(H2,27,29,30). The van der Waals surface area contributed by atoms with E-state index in [1.807, 2.05) is 38.1 Å². The lowest BCUT2D eigenvalue weighted by molar-refractivity contribution is 0.241. The van der Waals surface area contributed by atoms with Crippen LogP contribution in [0.1, 0.15) is 48.1 Å². The molecule has 0 saturated carbocycles. The van der Waals surface area contributed by atoms with Crippen molar-refractivity contribution in [2.75, 3.05) is 18.6 Å². The number of ether oxygens (including phenoxy) is 1. The maximum atomic E-state index is 12.1. The Morgan fingerprint density at radius 1 is 1.10 bits per heavy atom. The molecule has 0 aromatic heterocycles. The van der Waals surface area contributed by atoms with Gasteiger partial charge in [-0.25, -0.2) is 4.79 Å². The fourth-order valence-electron chi connectivity index (χ4n) is 3.14. The Labute approximate surface area is 184 Å². The van der Waals surface area contributed by atoms with Gasteiger partial charge >= 0.3 is 6.03 Å². The van der Waals surface area contributed by atoms with Crippen LogP contribution in [0.4, 0.5) is 10.5 Å². The van der Waals surface area contributed by atoms with E-state index in [9.17, 15) is 15.3 Å². The van der Waals surface area contributed by atoms with Gasteiger partial charge in [0.05, 0.1) is 23.4 Å². The van der Waals surface area contributed by atoms with E-state index in [-0.39, 0.29) is 11.6 Å². The summed E-state index contributed by atoms with van der Waals surface area (Å²) in [6.45, 7) is 9.13. The van der Waals surface area contributed by atoms with Crippen LogP contribution in [0, 0.1) is 42.4 Å². The molecule has 0 aliphatic heterocycles. The smallest absolute Gasteiger partial charge is 0.333 e. The molecule has 31 heavy (non-hydrogen) atoms. The number of hydrogen-bond donors (Lipinski definition) is 3. The van der Waals surface area contributed by atoms with Crippen molar-refractivity contribution in [3.63, 3.8) is 0 Å². The molecule has 2 amide bonds. The lowest BCUT2D eigenvalue weighted by Gasteiger charge is -2.16. The number of anilines is 1. The van der Waals surface area contributed by atoms with Crippen LogP contribution in [0.25, 0.3) is 0 Å². The molecule has 3 N–H and O–H groups in total. The third-order valence-corrected chi connectivity index (χ3v) is 4.62. The summed E-state index contributed by atoms with van der Waals surface area (Å²) in [6.07, 6.45) is 1.37. The third kappa shape index (κ3) is 7.24. The molecule has 162 valence electrons. The molecule has 0 radical (unpaired) electrons. The monoisotopic (exact) mass is 419 g/mol. The summed E-state index contributed by atoms with van der Waals surface area (Å²) in [7, 11) is 0. The van der Waals surface area contributed by atoms with Crippen LogP contribution in [0.3, 0.4) is 0 Å². The molecule has 0 atom stereocenters. The Bertz CT molecular complexity index is 1000. The quantitative estimate of drug-likeness (QED) is 0.414. The second-order valence-electron chi connectivity index (χ2n) is 7.85. The summed E-state index contributed by atoms with van der Waals surface area (Å²) in [5.41, 5.74) is 9.82. The lowest BCUT2D eigenvalue weighted by atomic mass is 9.97. The maximum Gasteiger partial charge on any atom is 0.333 e. The molecule has 2 rings (SSSR count). The SMILES string of the molecule is Cc1ccc(OCCCNC(=O)NNc2cc(C#N)c(C#N)cc2CC(C)C)c(C)c1. The van der Waals surface area contributed by atoms with Crippen LogP contribution in [0.15, 0.2) is 30.3 Å². The largest absolute Gasteiger partial charge is 0.493 e. The molecule has 7 heteroatoms. The van der Waals surface area contributed by atoms with Gasteiger partial charge in [0.15, 0.2) is 0 Å². The number of benzene rings is 2. The van der Waals surface area contributed by atoms with Crippen molar-refractivity contribution in [2.45, 2.75) is 40.5 Å². The summed E-state index contributed by atoms with van der Waals surface area (Å²) in [5, 5.41) is 21.3. The van der Waals surface area contributed by atoms with Crippen LogP contribution in [-0.4, -0.2) is 19.2 Å². The van der Waals surface area contributed by atoms with Crippen molar-refractivity contribution in [2.24, 2.45) is 5.92 Å². The first-order valence-corrected chi connectivity index (χ1v) is 10.3. The highest BCUT2D eigenvalue weighted by Gasteiger charge is 2.12. The maximum absolute atomic E-state index is 12.1. The molecule has 0 fully saturated rings. The van der Waals surface area contributed by atoms with Gasteiger partial charge in [-0.05, 0) is 61.9 Å². The molecular weight excluding hydrogens is 390 g/mol. The van der Waals surface area contributed by atoms with Crippen molar-refractivity contribution in [1.29, 1.82) is 10.5 Å². The molecule has 7 nitrogen and oxygen atoms in total. The molecule has 0 spiro atoms. The number of amides is 2. The number of nitriles is 2. The topological polar surface area (TPSA) is 110 Å². The van der Waals surface area contributed by atoms with E-state index < -0.39 is 0 Å². The predicted molar refractivity (Wildman–Crippen MR) is 121 cm³/mol. The average Bonchev–Trinajstić information content (AvgIpc) is 2.73. The number of hydrogen-bond acceptors (Lipinski definition) is 5. The Balaban J connectivity index is 1.83. The normalized spacial score (nSPS) is 10.2. The first-order valence-electron chi connectivity index (χ1n) is 10.3. The van der Waals surface area contributed by atoms with E-state index >= 15 is 0 Å². The van der Waals surface area contributed by atoms with E-state index in [0.717, 1.165) is 16.9 Å². The van der Waals surface area contributed by atoms with Gasteiger partial charge in [-0.15, -0.1) is 0 Å². The van der Waals surface area contributed by atoms with Crippen LogP contribution in [0.5, 0.6) is 5.75 Å². The lowest BCUT2D eigenvalue weighted by Crippen LogP contribution is -2.40. The molecule has 0 heterocycles. The highest BCUT2D eigenvalue weighted by Crippen LogP contribution is 2.23. The number of rotatable bonds is 9. The van der Waals surface area contributed by atoms with Crippen molar-refractivity contribution in [3.8, 4) is 17.9 Å². The van der Waals surface area contributed by atoms with Gasteiger partial charge in [0.2, 0.25) is 0 Å². The number of nitrogens with zero attached hydrogens (tertiary/aromatic N) is 2. The van der Waals surface area contributed by atoms with Gasteiger partial charge < -0.3 is 10.1 Å². The predicted octanol–water partition coefficient (Wildman–Crippen LogP) is 4.34. The van der Waals surface area contributed by atoms with E-state index in [4.69, 9.17) is 4.74 Å². The summed E-state index contributed by atoms with van der Waals surface area (Å²) in [6, 6.07) is 13.0. The number of hydrazine groups is 1. The van der Waals surface area contributed by atoms with Crippen molar-refractivity contribution < 1.29 is 9.53 Å². The fourth-order valence-corrected chi connectivity index (χ4v) is 3.14. The fraction of sp³-hybridized carbons (Fsp3) is 0.375. The summed E-state index contributed by atoms with van der Waals surface area (Å²) in [5.74, 6) is 1.20. The molecule has 0 saturated heterocycles. The molecule has 0 aliphatic carbocycles. The van der Waals surface area contributed by atoms with Crippen LogP contribution in [0.2, 0.25) is 0 Å². The molecular formula is C24H29N5O2. The first-order chi connectivity index (χ1) is 14.8. The van der Waals surface area contributed by atoms with Crippen molar-refractivity contribution >= 4 is 11.7 Å². The number of carbonyl (C=O) groups is 1. The Kier molecular flexibility index (Phi) is 8.72. The molecule has 0 bridgehead atoms. The minimum Gasteiger partial charge on any atom is -0.493 e. The molecule has 0 aliphatic rings.